The van der Waals surface area contributed by atoms with Gasteiger partial charge in [0.1, 0.15) is 0 Å². The lowest BCUT2D eigenvalue weighted by molar-refractivity contribution is 0.338. The molecule has 2 unspecified atom stereocenters. The molecule has 0 saturated heterocycles. The minimum Gasteiger partial charge on any atom is -0.328 e. The van der Waals surface area contributed by atoms with Crippen molar-refractivity contribution >= 4 is 0 Å². The van der Waals surface area contributed by atoms with E-state index in [4.69, 9.17) is 5.73 Å². The van der Waals surface area contributed by atoms with Crippen LogP contribution in [0.1, 0.15) is 38.5 Å². The van der Waals surface area contributed by atoms with Gasteiger partial charge in [-0.25, -0.2) is 0 Å². The van der Waals surface area contributed by atoms with Gasteiger partial charge < -0.3 is 11.1 Å². The Morgan fingerprint density at radius 3 is 2.45 bits per heavy atom. The van der Waals surface area contributed by atoms with Crippen LogP contribution < -0.4 is 11.1 Å². The molecule has 0 radical (unpaired) electrons. The quantitative estimate of drug-likeness (QED) is 0.623. The standard InChI is InChI=1S/C9H18N2/c10-7-2-1-3-9(6-7)11-8-4-5-8/h7-9,11H,1-6,10H2. The van der Waals surface area contributed by atoms with Gasteiger partial charge in [-0.1, -0.05) is 6.42 Å². The van der Waals surface area contributed by atoms with Gasteiger partial charge in [0, 0.05) is 18.1 Å². The summed E-state index contributed by atoms with van der Waals surface area (Å²) in [4.78, 5) is 0. The van der Waals surface area contributed by atoms with Gasteiger partial charge in [0.15, 0.2) is 0 Å². The number of hydrogen-bond donors (Lipinski definition) is 2. The molecular weight excluding hydrogens is 136 g/mol. The van der Waals surface area contributed by atoms with Gasteiger partial charge in [-0.05, 0) is 32.1 Å². The third kappa shape index (κ3) is 2.17. The van der Waals surface area contributed by atoms with E-state index < -0.39 is 0 Å². The Hall–Kier alpha value is -0.0800. The summed E-state index contributed by atoms with van der Waals surface area (Å²) in [5, 5.41) is 3.64. The van der Waals surface area contributed by atoms with Crippen LogP contribution in [0.15, 0.2) is 0 Å². The second kappa shape index (κ2) is 3.11. The Labute approximate surface area is 68.5 Å². The predicted octanol–water partition coefficient (Wildman–Crippen LogP) is 1.01. The Balaban J connectivity index is 1.73. The molecule has 2 rings (SSSR count). The molecule has 11 heavy (non-hydrogen) atoms. The van der Waals surface area contributed by atoms with Crippen LogP contribution in [0.4, 0.5) is 0 Å². The van der Waals surface area contributed by atoms with Crippen molar-refractivity contribution < 1.29 is 0 Å². The van der Waals surface area contributed by atoms with Gasteiger partial charge in [0.05, 0.1) is 0 Å². The van der Waals surface area contributed by atoms with E-state index >= 15 is 0 Å². The van der Waals surface area contributed by atoms with Crippen LogP contribution in [0.5, 0.6) is 0 Å². The monoisotopic (exact) mass is 154 g/mol. The van der Waals surface area contributed by atoms with Gasteiger partial charge in [0.25, 0.3) is 0 Å². The molecule has 2 heteroatoms. The van der Waals surface area contributed by atoms with Crippen molar-refractivity contribution in [3.05, 3.63) is 0 Å². The minimum absolute atomic E-state index is 0.472. The van der Waals surface area contributed by atoms with Crippen molar-refractivity contribution in [1.82, 2.24) is 5.32 Å². The molecule has 0 aliphatic heterocycles. The van der Waals surface area contributed by atoms with Crippen molar-refractivity contribution in [2.45, 2.75) is 56.7 Å². The zero-order valence-electron chi connectivity index (χ0n) is 7.05. The molecule has 3 N–H and O–H groups in total. The zero-order chi connectivity index (χ0) is 7.68. The molecule has 0 aromatic rings. The highest BCUT2D eigenvalue weighted by atomic mass is 15.0. The Morgan fingerprint density at radius 1 is 1.00 bits per heavy atom. The van der Waals surface area contributed by atoms with Crippen molar-refractivity contribution in [3.8, 4) is 0 Å². The third-order valence-corrected chi connectivity index (χ3v) is 2.76. The summed E-state index contributed by atoms with van der Waals surface area (Å²) in [5.74, 6) is 0. The lowest BCUT2D eigenvalue weighted by atomic mass is 9.91. The van der Waals surface area contributed by atoms with Crippen LogP contribution in [-0.4, -0.2) is 18.1 Å². The molecule has 64 valence electrons. The molecule has 2 saturated carbocycles. The van der Waals surface area contributed by atoms with Crippen LogP contribution in [0.2, 0.25) is 0 Å². The van der Waals surface area contributed by atoms with Crippen molar-refractivity contribution in [1.29, 1.82) is 0 Å². The molecule has 0 heterocycles. The molecule has 0 aromatic carbocycles. The average Bonchev–Trinajstić information content (AvgIpc) is 2.71. The van der Waals surface area contributed by atoms with Crippen LogP contribution in [-0.2, 0) is 0 Å². The molecule has 0 bridgehead atoms. The smallest absolute Gasteiger partial charge is 0.00843 e. The Kier molecular flexibility index (Phi) is 2.14. The lowest BCUT2D eigenvalue weighted by Crippen LogP contribution is -2.40. The van der Waals surface area contributed by atoms with Crippen LogP contribution in [0.25, 0.3) is 0 Å². The second-order valence-corrected chi connectivity index (χ2v) is 4.06. The molecule has 0 aromatic heterocycles. The number of nitrogens with two attached hydrogens (primary N) is 1. The molecule has 2 nitrogen and oxygen atoms in total. The molecule has 2 fully saturated rings. The van der Waals surface area contributed by atoms with E-state index in [1.165, 1.54) is 38.5 Å². The molecule has 0 spiro atoms. The Morgan fingerprint density at radius 2 is 1.82 bits per heavy atom. The normalized spacial score (nSPS) is 39.0. The lowest BCUT2D eigenvalue weighted by Gasteiger charge is -2.27. The topological polar surface area (TPSA) is 38.0 Å². The molecule has 2 atom stereocenters. The Bertz CT molecular complexity index is 130. The highest BCUT2D eigenvalue weighted by Gasteiger charge is 2.26. The fourth-order valence-electron chi connectivity index (χ4n) is 1.96. The van der Waals surface area contributed by atoms with E-state index in [0.29, 0.717) is 6.04 Å². The fourth-order valence-corrected chi connectivity index (χ4v) is 1.96. The number of hydrogen-bond acceptors (Lipinski definition) is 2. The summed E-state index contributed by atoms with van der Waals surface area (Å²) in [6.07, 6.45) is 7.91. The second-order valence-electron chi connectivity index (χ2n) is 4.06. The summed E-state index contributed by atoms with van der Waals surface area (Å²) in [5.41, 5.74) is 5.88. The van der Waals surface area contributed by atoms with Crippen molar-refractivity contribution in [2.24, 2.45) is 5.73 Å². The average molecular weight is 154 g/mol. The van der Waals surface area contributed by atoms with Gasteiger partial charge in [0.2, 0.25) is 0 Å². The maximum Gasteiger partial charge on any atom is 0.00843 e. The summed E-state index contributed by atoms with van der Waals surface area (Å²) in [7, 11) is 0. The summed E-state index contributed by atoms with van der Waals surface area (Å²) in [6, 6.07) is 2.07. The van der Waals surface area contributed by atoms with Crippen molar-refractivity contribution in [2.75, 3.05) is 0 Å². The van der Waals surface area contributed by atoms with Crippen LogP contribution in [0, 0.1) is 0 Å². The summed E-state index contributed by atoms with van der Waals surface area (Å²) >= 11 is 0. The van der Waals surface area contributed by atoms with E-state index in [2.05, 4.69) is 5.32 Å². The first kappa shape index (κ1) is 7.56. The summed E-state index contributed by atoms with van der Waals surface area (Å²) in [6.45, 7) is 0. The van der Waals surface area contributed by atoms with Gasteiger partial charge >= 0.3 is 0 Å². The largest absolute Gasteiger partial charge is 0.328 e. The highest BCUT2D eigenvalue weighted by Crippen LogP contribution is 2.24. The van der Waals surface area contributed by atoms with E-state index in [9.17, 15) is 0 Å². The predicted molar refractivity (Wildman–Crippen MR) is 46.4 cm³/mol. The zero-order valence-corrected chi connectivity index (χ0v) is 7.05. The van der Waals surface area contributed by atoms with E-state index in [1.54, 1.807) is 0 Å². The maximum atomic E-state index is 5.88. The fraction of sp³-hybridized carbons (Fsp3) is 1.00. The van der Waals surface area contributed by atoms with Gasteiger partial charge in [-0.15, -0.1) is 0 Å². The molecule has 2 aliphatic carbocycles. The first-order valence-corrected chi connectivity index (χ1v) is 4.86. The summed E-state index contributed by atoms with van der Waals surface area (Å²) < 4.78 is 0. The SMILES string of the molecule is NC1CCCC(NC2CC2)C1. The number of rotatable bonds is 2. The van der Waals surface area contributed by atoms with E-state index in [-0.39, 0.29) is 0 Å². The number of nitrogens with one attached hydrogen (secondary N) is 1. The van der Waals surface area contributed by atoms with E-state index in [1.807, 2.05) is 0 Å². The highest BCUT2D eigenvalue weighted by molar-refractivity contribution is 4.88. The van der Waals surface area contributed by atoms with Crippen LogP contribution >= 0.6 is 0 Å². The van der Waals surface area contributed by atoms with Gasteiger partial charge in [-0.3, -0.25) is 0 Å². The van der Waals surface area contributed by atoms with Crippen LogP contribution in [0.3, 0.4) is 0 Å². The minimum atomic E-state index is 0.472. The molecule has 2 aliphatic rings. The molecule has 0 amide bonds. The maximum absolute atomic E-state index is 5.88. The van der Waals surface area contributed by atoms with Crippen molar-refractivity contribution in [3.63, 3.8) is 0 Å². The first-order chi connectivity index (χ1) is 5.34. The molecular formula is C9H18N2. The first-order valence-electron chi connectivity index (χ1n) is 4.86. The third-order valence-electron chi connectivity index (χ3n) is 2.76. The van der Waals surface area contributed by atoms with Gasteiger partial charge in [-0.2, -0.15) is 0 Å². The van der Waals surface area contributed by atoms with E-state index in [0.717, 1.165) is 12.1 Å².